The van der Waals surface area contributed by atoms with E-state index in [9.17, 15) is 13.6 Å². The van der Waals surface area contributed by atoms with Crippen LogP contribution in [-0.2, 0) is 0 Å². The van der Waals surface area contributed by atoms with Gasteiger partial charge in [-0.15, -0.1) is 11.3 Å². The molecule has 2 heterocycles. The quantitative estimate of drug-likeness (QED) is 0.756. The molecule has 0 aliphatic carbocycles. The van der Waals surface area contributed by atoms with Gasteiger partial charge in [-0.3, -0.25) is 15.1 Å². The second-order valence-electron chi connectivity index (χ2n) is 4.61. The van der Waals surface area contributed by atoms with Crippen LogP contribution in [-0.4, -0.2) is 22.5 Å². The van der Waals surface area contributed by atoms with Crippen molar-refractivity contribution in [3.63, 3.8) is 0 Å². The lowest BCUT2D eigenvalue weighted by Crippen LogP contribution is -2.11. The van der Waals surface area contributed by atoms with Crippen LogP contribution in [0.15, 0.2) is 54.0 Å². The number of carbonyl (C=O) groups is 1. The van der Waals surface area contributed by atoms with Gasteiger partial charge in [-0.1, -0.05) is 6.07 Å². The van der Waals surface area contributed by atoms with Crippen molar-refractivity contribution in [2.45, 2.75) is 6.61 Å². The zero-order valence-corrected chi connectivity index (χ0v) is 13.0. The predicted octanol–water partition coefficient (Wildman–Crippen LogP) is 4.06. The number of pyridine rings is 1. The zero-order chi connectivity index (χ0) is 16.9. The van der Waals surface area contributed by atoms with Crippen molar-refractivity contribution in [1.82, 2.24) is 9.97 Å². The number of nitrogens with zero attached hydrogens (tertiary/aromatic N) is 2. The molecule has 0 radical (unpaired) electrons. The van der Waals surface area contributed by atoms with Crippen LogP contribution < -0.4 is 10.1 Å². The number of carbonyl (C=O) groups excluding carboxylic acids is 1. The van der Waals surface area contributed by atoms with E-state index in [2.05, 4.69) is 20.0 Å². The molecule has 0 bridgehead atoms. The maximum Gasteiger partial charge on any atom is 0.387 e. The Kier molecular flexibility index (Phi) is 4.76. The van der Waals surface area contributed by atoms with Crippen LogP contribution in [0.25, 0.3) is 11.4 Å². The molecular weight excluding hydrogens is 336 g/mol. The highest BCUT2D eigenvalue weighted by Gasteiger charge is 2.11. The minimum absolute atomic E-state index is 0.00626. The number of ether oxygens (including phenoxy) is 1. The first-order chi connectivity index (χ1) is 11.6. The van der Waals surface area contributed by atoms with Crippen molar-refractivity contribution in [3.8, 4) is 17.1 Å². The third kappa shape index (κ3) is 3.90. The third-order valence-corrected chi connectivity index (χ3v) is 3.75. The van der Waals surface area contributed by atoms with Gasteiger partial charge >= 0.3 is 6.61 Å². The second-order valence-corrected chi connectivity index (χ2v) is 5.47. The van der Waals surface area contributed by atoms with Gasteiger partial charge in [0.25, 0.3) is 5.91 Å². The van der Waals surface area contributed by atoms with Gasteiger partial charge in [0, 0.05) is 17.1 Å². The molecule has 1 aromatic carbocycles. The number of benzene rings is 1. The Morgan fingerprint density at radius 1 is 1.12 bits per heavy atom. The van der Waals surface area contributed by atoms with Crippen molar-refractivity contribution < 1.29 is 18.3 Å². The van der Waals surface area contributed by atoms with Crippen LogP contribution in [0.3, 0.4) is 0 Å². The average Bonchev–Trinajstić information content (AvgIpc) is 3.04. The lowest BCUT2D eigenvalue weighted by atomic mass is 10.2. The predicted molar refractivity (Wildman–Crippen MR) is 86.4 cm³/mol. The summed E-state index contributed by atoms with van der Waals surface area (Å²) in [6.07, 6.45) is 1.66. The summed E-state index contributed by atoms with van der Waals surface area (Å²) in [6, 6.07) is 10.9. The van der Waals surface area contributed by atoms with Crippen LogP contribution in [0.5, 0.6) is 5.75 Å². The van der Waals surface area contributed by atoms with E-state index in [1.807, 2.05) is 12.1 Å². The third-order valence-electron chi connectivity index (χ3n) is 2.99. The first-order valence-electron chi connectivity index (χ1n) is 6.85. The summed E-state index contributed by atoms with van der Waals surface area (Å²) in [5.41, 5.74) is 1.69. The molecule has 2 aromatic heterocycles. The number of amides is 1. The zero-order valence-electron chi connectivity index (χ0n) is 12.1. The second kappa shape index (κ2) is 7.14. The van der Waals surface area contributed by atoms with E-state index in [-0.39, 0.29) is 11.7 Å². The number of hydrogen-bond donors (Lipinski definition) is 1. The van der Waals surface area contributed by atoms with E-state index in [4.69, 9.17) is 0 Å². The molecule has 122 valence electrons. The normalized spacial score (nSPS) is 10.6. The monoisotopic (exact) mass is 347 g/mol. The summed E-state index contributed by atoms with van der Waals surface area (Å²) in [6.45, 7) is -2.90. The maximum absolute atomic E-state index is 12.1. The molecule has 0 saturated heterocycles. The lowest BCUT2D eigenvalue weighted by Gasteiger charge is -2.05. The van der Waals surface area contributed by atoms with Crippen LogP contribution in [0, 0.1) is 0 Å². The molecule has 24 heavy (non-hydrogen) atoms. The van der Waals surface area contributed by atoms with Gasteiger partial charge in [0.1, 0.15) is 11.4 Å². The van der Waals surface area contributed by atoms with Gasteiger partial charge in [-0.25, -0.2) is 4.98 Å². The van der Waals surface area contributed by atoms with Gasteiger partial charge in [0.2, 0.25) is 0 Å². The van der Waals surface area contributed by atoms with Crippen molar-refractivity contribution in [3.05, 3.63) is 59.6 Å². The fourth-order valence-electron chi connectivity index (χ4n) is 1.92. The fraction of sp³-hybridized carbons (Fsp3) is 0.0625. The summed E-state index contributed by atoms with van der Waals surface area (Å²) in [7, 11) is 0. The van der Waals surface area contributed by atoms with Gasteiger partial charge < -0.3 is 4.74 Å². The standard InChI is InChI=1S/C16H11F2N3O2S/c17-15(18)23-11-6-4-10(5-7-11)14(22)21-16-20-13(9-24-16)12-3-1-2-8-19-12/h1-9,15H,(H,20,21,22). The molecule has 0 atom stereocenters. The highest BCUT2D eigenvalue weighted by Crippen LogP contribution is 2.24. The molecule has 5 nitrogen and oxygen atoms in total. The average molecular weight is 347 g/mol. The molecule has 0 saturated carbocycles. The van der Waals surface area contributed by atoms with Crippen molar-refractivity contribution in [2.75, 3.05) is 5.32 Å². The number of anilines is 1. The van der Waals surface area contributed by atoms with E-state index in [1.54, 1.807) is 17.6 Å². The minimum atomic E-state index is -2.90. The first kappa shape index (κ1) is 16.0. The van der Waals surface area contributed by atoms with Crippen LogP contribution >= 0.6 is 11.3 Å². The molecule has 0 unspecified atom stereocenters. The smallest absolute Gasteiger partial charge is 0.387 e. The van der Waals surface area contributed by atoms with E-state index in [0.29, 0.717) is 22.1 Å². The van der Waals surface area contributed by atoms with Crippen LogP contribution in [0.1, 0.15) is 10.4 Å². The number of nitrogens with one attached hydrogen (secondary N) is 1. The molecule has 0 aliphatic heterocycles. The fourth-order valence-corrected chi connectivity index (χ4v) is 2.62. The largest absolute Gasteiger partial charge is 0.435 e. The van der Waals surface area contributed by atoms with Gasteiger partial charge in [-0.2, -0.15) is 8.78 Å². The lowest BCUT2D eigenvalue weighted by molar-refractivity contribution is -0.0498. The topological polar surface area (TPSA) is 64.1 Å². The summed E-state index contributed by atoms with van der Waals surface area (Å²) >= 11 is 1.27. The number of alkyl halides is 2. The summed E-state index contributed by atoms with van der Waals surface area (Å²) in [5, 5.41) is 4.87. The van der Waals surface area contributed by atoms with Crippen molar-refractivity contribution >= 4 is 22.4 Å². The summed E-state index contributed by atoms with van der Waals surface area (Å²) in [4.78, 5) is 20.6. The van der Waals surface area contributed by atoms with Gasteiger partial charge in [0.15, 0.2) is 5.13 Å². The highest BCUT2D eigenvalue weighted by molar-refractivity contribution is 7.14. The van der Waals surface area contributed by atoms with E-state index in [0.717, 1.165) is 0 Å². The van der Waals surface area contributed by atoms with Gasteiger partial charge in [0.05, 0.1) is 5.69 Å². The minimum Gasteiger partial charge on any atom is -0.435 e. The maximum atomic E-state index is 12.1. The Bertz CT molecular complexity index is 823. The summed E-state index contributed by atoms with van der Waals surface area (Å²) in [5.74, 6) is -0.395. The first-order valence-corrected chi connectivity index (χ1v) is 7.73. The SMILES string of the molecule is O=C(Nc1nc(-c2ccccn2)cs1)c1ccc(OC(F)F)cc1. The molecule has 1 amide bonds. The summed E-state index contributed by atoms with van der Waals surface area (Å²) < 4.78 is 28.4. The molecular formula is C16H11F2N3O2S. The molecule has 0 fully saturated rings. The molecule has 0 spiro atoms. The number of aromatic nitrogens is 2. The van der Waals surface area contributed by atoms with E-state index in [1.165, 1.54) is 35.6 Å². The Hall–Kier alpha value is -2.87. The molecule has 8 heteroatoms. The van der Waals surface area contributed by atoms with Crippen LogP contribution in [0.4, 0.5) is 13.9 Å². The number of hydrogen-bond acceptors (Lipinski definition) is 5. The van der Waals surface area contributed by atoms with Crippen molar-refractivity contribution in [1.29, 1.82) is 0 Å². The molecule has 1 N–H and O–H groups in total. The molecule has 3 rings (SSSR count). The number of thiazole rings is 1. The Morgan fingerprint density at radius 2 is 1.92 bits per heavy atom. The number of halogens is 2. The number of rotatable bonds is 5. The van der Waals surface area contributed by atoms with E-state index < -0.39 is 6.61 Å². The molecule has 0 aliphatic rings. The van der Waals surface area contributed by atoms with Gasteiger partial charge in [-0.05, 0) is 36.4 Å². The van der Waals surface area contributed by atoms with E-state index >= 15 is 0 Å². The Balaban J connectivity index is 1.68. The Morgan fingerprint density at radius 3 is 2.58 bits per heavy atom. The van der Waals surface area contributed by atoms with Crippen LogP contribution in [0.2, 0.25) is 0 Å². The Labute approximate surface area is 140 Å². The van der Waals surface area contributed by atoms with Crippen molar-refractivity contribution in [2.24, 2.45) is 0 Å². The molecule has 3 aromatic rings. The highest BCUT2D eigenvalue weighted by atomic mass is 32.1.